The molecule has 5 nitrogen and oxygen atoms in total. The number of benzene rings is 1. The van der Waals surface area contributed by atoms with E-state index in [2.05, 4.69) is 5.32 Å². The number of carbonyl (C=O) groups is 1. The van der Waals surface area contributed by atoms with Gasteiger partial charge >= 0.3 is 0 Å². The molecule has 1 saturated heterocycles. The minimum atomic E-state index is -3.37. The third kappa shape index (κ3) is 4.49. The Hall–Kier alpha value is -1.05. The van der Waals surface area contributed by atoms with Gasteiger partial charge in [0.2, 0.25) is 15.9 Å². The zero-order chi connectivity index (χ0) is 16.9. The lowest BCUT2D eigenvalue weighted by Gasteiger charge is -2.33. The zero-order valence-electron chi connectivity index (χ0n) is 13.6. The standard InChI is InChI=1S/C16H24N2O3S2/c1-3-12-23(20,21)18-11-7-6-9-14(18)16(19)17-13-8-4-5-10-15(13)22-2/h4-5,8,10,14H,3,6-7,9,11-12H2,1-2H3,(H,17,19). The summed E-state index contributed by atoms with van der Waals surface area (Å²) in [6.07, 6.45) is 4.77. The lowest BCUT2D eigenvalue weighted by molar-refractivity contribution is -0.120. The predicted molar refractivity (Wildman–Crippen MR) is 95.3 cm³/mol. The number of carbonyl (C=O) groups excluding carboxylic acids is 1. The number of nitrogens with zero attached hydrogens (tertiary/aromatic N) is 1. The van der Waals surface area contributed by atoms with Crippen LogP contribution in [0.4, 0.5) is 5.69 Å². The first kappa shape index (κ1) is 18.3. The molecule has 1 atom stereocenters. The molecule has 1 aliphatic rings. The summed E-state index contributed by atoms with van der Waals surface area (Å²) < 4.78 is 26.2. The van der Waals surface area contributed by atoms with Crippen LogP contribution in [0.3, 0.4) is 0 Å². The molecule has 0 saturated carbocycles. The smallest absolute Gasteiger partial charge is 0.242 e. The second-order valence-corrected chi connectivity index (χ2v) is 8.52. The van der Waals surface area contributed by atoms with Gasteiger partial charge in [0.25, 0.3) is 0 Å². The highest BCUT2D eigenvalue weighted by Gasteiger charge is 2.36. The number of sulfonamides is 1. The topological polar surface area (TPSA) is 66.5 Å². The van der Waals surface area contributed by atoms with Gasteiger partial charge in [-0.1, -0.05) is 25.5 Å². The minimum absolute atomic E-state index is 0.0954. The van der Waals surface area contributed by atoms with E-state index in [1.165, 1.54) is 4.31 Å². The maximum absolute atomic E-state index is 12.7. The second-order valence-electron chi connectivity index (χ2n) is 5.63. The lowest BCUT2D eigenvalue weighted by Crippen LogP contribution is -2.50. The molecule has 0 bridgehead atoms. The number of amides is 1. The normalized spacial score (nSPS) is 19.5. The lowest BCUT2D eigenvalue weighted by atomic mass is 10.0. The molecule has 1 unspecified atom stereocenters. The van der Waals surface area contributed by atoms with Gasteiger partial charge in [0.1, 0.15) is 6.04 Å². The van der Waals surface area contributed by atoms with Crippen LogP contribution in [0.2, 0.25) is 0 Å². The van der Waals surface area contributed by atoms with Crippen LogP contribution >= 0.6 is 11.8 Å². The van der Waals surface area contributed by atoms with Crippen molar-refractivity contribution in [2.45, 2.75) is 43.5 Å². The summed E-state index contributed by atoms with van der Waals surface area (Å²) in [5.74, 6) is -0.135. The summed E-state index contributed by atoms with van der Waals surface area (Å²) in [4.78, 5) is 13.6. The maximum atomic E-state index is 12.7. The molecule has 1 fully saturated rings. The molecule has 23 heavy (non-hydrogen) atoms. The van der Waals surface area contributed by atoms with Gasteiger partial charge in [0, 0.05) is 11.4 Å². The minimum Gasteiger partial charge on any atom is -0.324 e. The van der Waals surface area contributed by atoms with Gasteiger partial charge in [-0.2, -0.15) is 4.31 Å². The van der Waals surface area contributed by atoms with Crippen LogP contribution in [-0.2, 0) is 14.8 Å². The van der Waals surface area contributed by atoms with Crippen LogP contribution in [0, 0.1) is 0 Å². The van der Waals surface area contributed by atoms with E-state index < -0.39 is 16.1 Å². The van der Waals surface area contributed by atoms with Crippen LogP contribution < -0.4 is 5.32 Å². The Morgan fingerprint density at radius 2 is 2.09 bits per heavy atom. The van der Waals surface area contributed by atoms with Crippen molar-refractivity contribution in [3.63, 3.8) is 0 Å². The molecule has 1 aliphatic heterocycles. The molecule has 0 aliphatic carbocycles. The molecular weight excluding hydrogens is 332 g/mol. The Balaban J connectivity index is 2.18. The predicted octanol–water partition coefficient (Wildman–Crippen LogP) is 2.94. The monoisotopic (exact) mass is 356 g/mol. The van der Waals surface area contributed by atoms with E-state index in [1.807, 2.05) is 37.4 Å². The second kappa shape index (κ2) is 8.17. The average molecular weight is 357 g/mol. The summed E-state index contributed by atoms with van der Waals surface area (Å²) in [6.45, 7) is 2.27. The van der Waals surface area contributed by atoms with Crippen LogP contribution in [-0.4, -0.2) is 43.2 Å². The Bertz CT molecular complexity index is 646. The first-order valence-electron chi connectivity index (χ1n) is 7.93. The zero-order valence-corrected chi connectivity index (χ0v) is 15.3. The molecule has 1 N–H and O–H groups in total. The van der Waals surface area contributed by atoms with Gasteiger partial charge in [-0.25, -0.2) is 8.42 Å². The van der Waals surface area contributed by atoms with Gasteiger partial charge in [0.05, 0.1) is 11.4 Å². The van der Waals surface area contributed by atoms with E-state index in [1.54, 1.807) is 11.8 Å². The van der Waals surface area contributed by atoms with Crippen molar-refractivity contribution >= 4 is 33.4 Å². The molecule has 1 aromatic rings. The highest BCUT2D eigenvalue weighted by atomic mass is 32.2. The van der Waals surface area contributed by atoms with E-state index in [-0.39, 0.29) is 11.7 Å². The molecule has 1 heterocycles. The molecule has 0 radical (unpaired) electrons. The van der Waals surface area contributed by atoms with Crippen LogP contribution in [0.5, 0.6) is 0 Å². The fourth-order valence-electron chi connectivity index (χ4n) is 2.84. The molecule has 0 spiro atoms. The number of hydrogen-bond donors (Lipinski definition) is 1. The van der Waals surface area contributed by atoms with E-state index in [4.69, 9.17) is 0 Å². The van der Waals surface area contributed by atoms with Gasteiger partial charge in [0.15, 0.2) is 0 Å². The molecule has 1 aromatic carbocycles. The van der Waals surface area contributed by atoms with Crippen LogP contribution in [0.25, 0.3) is 0 Å². The first-order chi connectivity index (χ1) is 11.0. The van der Waals surface area contributed by atoms with Crippen molar-refractivity contribution in [3.8, 4) is 0 Å². The molecule has 2 rings (SSSR count). The fourth-order valence-corrected chi connectivity index (χ4v) is 5.14. The first-order valence-corrected chi connectivity index (χ1v) is 10.8. The molecular formula is C16H24N2O3S2. The van der Waals surface area contributed by atoms with E-state index in [0.717, 1.165) is 23.4 Å². The Labute approximate surface area is 142 Å². The van der Waals surface area contributed by atoms with Gasteiger partial charge in [-0.3, -0.25) is 4.79 Å². The third-order valence-corrected chi connectivity index (χ3v) is 6.81. The average Bonchev–Trinajstić information content (AvgIpc) is 2.55. The van der Waals surface area contributed by atoms with E-state index >= 15 is 0 Å². The fraction of sp³-hybridized carbons (Fsp3) is 0.562. The number of anilines is 1. The van der Waals surface area contributed by atoms with Crippen molar-refractivity contribution in [3.05, 3.63) is 24.3 Å². The van der Waals surface area contributed by atoms with Crippen LogP contribution in [0.1, 0.15) is 32.6 Å². The number of piperidine rings is 1. The summed E-state index contributed by atoms with van der Waals surface area (Å²) in [5, 5.41) is 2.91. The van der Waals surface area contributed by atoms with Crippen LogP contribution in [0.15, 0.2) is 29.2 Å². The SMILES string of the molecule is CCCS(=O)(=O)N1CCCCC1C(=O)Nc1ccccc1SC. The van der Waals surface area contributed by atoms with E-state index in [9.17, 15) is 13.2 Å². The number of nitrogens with one attached hydrogen (secondary N) is 1. The van der Waals surface area contributed by atoms with Gasteiger partial charge < -0.3 is 5.32 Å². The van der Waals surface area contributed by atoms with Gasteiger partial charge in [-0.05, 0) is 37.7 Å². The van der Waals surface area contributed by atoms with Crippen molar-refractivity contribution in [2.75, 3.05) is 23.9 Å². The quantitative estimate of drug-likeness (QED) is 0.796. The highest BCUT2D eigenvalue weighted by Crippen LogP contribution is 2.27. The van der Waals surface area contributed by atoms with Crippen molar-refractivity contribution in [1.29, 1.82) is 0 Å². The van der Waals surface area contributed by atoms with Crippen molar-refractivity contribution < 1.29 is 13.2 Å². The van der Waals surface area contributed by atoms with Crippen molar-refractivity contribution in [1.82, 2.24) is 4.31 Å². The maximum Gasteiger partial charge on any atom is 0.242 e. The van der Waals surface area contributed by atoms with E-state index in [0.29, 0.717) is 19.4 Å². The number of rotatable bonds is 6. The Morgan fingerprint density at radius 1 is 1.35 bits per heavy atom. The molecule has 1 amide bonds. The molecule has 0 aromatic heterocycles. The summed E-state index contributed by atoms with van der Waals surface area (Å²) >= 11 is 1.55. The summed E-state index contributed by atoms with van der Waals surface area (Å²) in [6, 6.07) is 6.96. The largest absolute Gasteiger partial charge is 0.324 e. The number of para-hydroxylation sites is 1. The molecule has 7 heteroatoms. The molecule has 128 valence electrons. The van der Waals surface area contributed by atoms with Crippen molar-refractivity contribution in [2.24, 2.45) is 0 Å². The summed E-state index contributed by atoms with van der Waals surface area (Å²) in [7, 11) is -3.37. The Kier molecular flexibility index (Phi) is 6.50. The Morgan fingerprint density at radius 3 is 2.78 bits per heavy atom. The van der Waals surface area contributed by atoms with Gasteiger partial charge in [-0.15, -0.1) is 11.8 Å². The number of thioether (sulfide) groups is 1. The number of hydrogen-bond acceptors (Lipinski definition) is 4. The summed E-state index contributed by atoms with van der Waals surface area (Å²) in [5.41, 5.74) is 0.739. The highest BCUT2D eigenvalue weighted by molar-refractivity contribution is 7.98. The third-order valence-electron chi connectivity index (χ3n) is 3.94.